The maximum absolute atomic E-state index is 8.25. The zero-order valence-corrected chi connectivity index (χ0v) is 7.02. The number of rotatable bonds is 0. The van der Waals surface area contributed by atoms with Gasteiger partial charge in [0.1, 0.15) is 0 Å². The Morgan fingerprint density at radius 3 is 1.29 bits per heavy atom. The van der Waals surface area contributed by atoms with Crippen molar-refractivity contribution in [2.75, 3.05) is 0 Å². The Bertz CT molecular complexity index is 33.2. The summed E-state index contributed by atoms with van der Waals surface area (Å²) in [5.74, 6) is 0. The second-order valence-corrected chi connectivity index (χ2v) is 0.224. The smallest absolute Gasteiger partial charge is 0.0689 e. The molecule has 0 saturated carbocycles. The van der Waals surface area contributed by atoms with E-state index in [0.717, 1.165) is 0 Å². The van der Waals surface area contributed by atoms with Crippen molar-refractivity contribution in [1.82, 2.24) is 12.3 Å². The van der Waals surface area contributed by atoms with E-state index in [1.807, 2.05) is 0 Å². The second-order valence-electron chi connectivity index (χ2n) is 0.224. The quantitative estimate of drug-likeness (QED) is 0.462. The van der Waals surface area contributed by atoms with Gasteiger partial charge in [-0.05, 0) is 0 Å². The van der Waals surface area contributed by atoms with Gasteiger partial charge in [0.2, 0.25) is 0 Å². The summed E-state index contributed by atoms with van der Waals surface area (Å²) in [6.07, 6.45) is 0. The fourth-order valence-electron chi connectivity index (χ4n) is 0. The molecule has 0 aliphatic carbocycles. The standard InChI is InChI=1S/Ce.NO3.2H3N/c;2-1(3)4;;/h;;2*1H3/q;-1;;/p+1. The van der Waals surface area contributed by atoms with Crippen LogP contribution in [0.15, 0.2) is 0 Å². The number of nitrogens with zero attached hydrogens (tertiary/aromatic N) is 1. The van der Waals surface area contributed by atoms with Crippen molar-refractivity contribution in [3.8, 4) is 0 Å². The molecule has 44 valence electrons. The molecule has 7 heavy (non-hydrogen) atoms. The van der Waals surface area contributed by atoms with E-state index in [2.05, 4.69) is 0 Å². The van der Waals surface area contributed by atoms with Crippen LogP contribution in [0.25, 0.3) is 0 Å². The van der Waals surface area contributed by atoms with Crippen LogP contribution in [-0.2, 0) is 0 Å². The molecule has 0 aromatic heterocycles. The Kier molecular flexibility index (Phi) is 59.4. The van der Waals surface area contributed by atoms with Gasteiger partial charge in [0.25, 0.3) is 0 Å². The van der Waals surface area contributed by atoms with Gasteiger partial charge in [0, 0.05) is 41.7 Å². The number of hydrogen-bond donors (Lipinski definition) is 2. The van der Waals surface area contributed by atoms with Crippen LogP contribution in [0, 0.1) is 57.1 Å². The average molecular weight is 237 g/mol. The molecular formula is H7CeN3O3. The van der Waals surface area contributed by atoms with Crippen molar-refractivity contribution in [3.63, 3.8) is 0 Å². The Hall–Kier alpha value is 0.497. The Labute approximate surface area is 73.9 Å². The van der Waals surface area contributed by atoms with E-state index in [-0.39, 0.29) is 54.0 Å². The first-order valence-corrected chi connectivity index (χ1v) is 0.548. The van der Waals surface area contributed by atoms with Crippen LogP contribution in [0.5, 0.6) is 0 Å². The molecule has 0 fully saturated rings. The van der Waals surface area contributed by atoms with Crippen molar-refractivity contribution in [1.29, 1.82) is 0 Å². The molecule has 0 atom stereocenters. The zero-order valence-electron chi connectivity index (χ0n) is 3.88. The molecule has 0 spiro atoms. The van der Waals surface area contributed by atoms with E-state index in [1.165, 1.54) is 0 Å². The summed E-state index contributed by atoms with van der Waals surface area (Å²) in [7, 11) is 0. The van der Waals surface area contributed by atoms with Crippen LogP contribution < -0.4 is 12.3 Å². The first kappa shape index (κ1) is 25.9. The normalized spacial score (nSPS) is 3.43. The van der Waals surface area contributed by atoms with Gasteiger partial charge >= 0.3 is 0 Å². The van der Waals surface area contributed by atoms with Gasteiger partial charge in [0.05, 0.1) is 5.09 Å². The minimum absolute atomic E-state index is 0. The molecule has 7 N–H and O–H groups in total. The summed E-state index contributed by atoms with van der Waals surface area (Å²) in [4.78, 5) is 8.25. The van der Waals surface area contributed by atoms with Crippen LogP contribution in [0.3, 0.4) is 0 Å². The predicted octanol–water partition coefficient (Wildman–Crippen LogP) is 0.299. The summed E-state index contributed by atoms with van der Waals surface area (Å²) >= 11 is 0. The molecular weight excluding hydrogens is 230 g/mol. The van der Waals surface area contributed by atoms with Gasteiger partial charge in [-0.3, -0.25) is 0 Å². The summed E-state index contributed by atoms with van der Waals surface area (Å²) in [6, 6.07) is 0. The van der Waals surface area contributed by atoms with Crippen LogP contribution in [-0.4, -0.2) is 5.09 Å². The summed E-state index contributed by atoms with van der Waals surface area (Å²) in [5, 5.41) is 14.8. The molecule has 0 amide bonds. The Balaban J connectivity index is -0.0000000150. The third-order valence-corrected chi connectivity index (χ3v) is 0. The molecule has 0 bridgehead atoms. The van der Waals surface area contributed by atoms with Crippen molar-refractivity contribution in [3.05, 3.63) is 15.3 Å². The maximum Gasteiger partial charge on any atom is 0.0689 e. The Morgan fingerprint density at radius 2 is 1.29 bits per heavy atom. The van der Waals surface area contributed by atoms with E-state index in [1.54, 1.807) is 0 Å². The first-order valence-electron chi connectivity index (χ1n) is 0.548. The minimum Gasteiger partial charge on any atom is -0.369 e. The van der Waals surface area contributed by atoms with E-state index in [9.17, 15) is 0 Å². The second kappa shape index (κ2) is 16.1. The third kappa shape index (κ3) is 533. The summed E-state index contributed by atoms with van der Waals surface area (Å²) < 4.78 is 0. The van der Waals surface area contributed by atoms with Gasteiger partial charge in [0.15, 0.2) is 0 Å². The number of quaternary nitrogens is 1. The van der Waals surface area contributed by atoms with Gasteiger partial charge in [-0.2, -0.15) is 0 Å². The Morgan fingerprint density at radius 1 is 1.29 bits per heavy atom. The molecule has 0 aliphatic heterocycles. The fourth-order valence-corrected chi connectivity index (χ4v) is 0. The van der Waals surface area contributed by atoms with Gasteiger partial charge < -0.3 is 27.6 Å². The molecule has 0 unspecified atom stereocenters. The van der Waals surface area contributed by atoms with Crippen LogP contribution >= 0.6 is 0 Å². The third-order valence-electron chi connectivity index (χ3n) is 0. The molecule has 6 nitrogen and oxygen atoms in total. The van der Waals surface area contributed by atoms with Gasteiger partial charge in [-0.1, -0.05) is 0 Å². The van der Waals surface area contributed by atoms with Crippen LogP contribution in [0.1, 0.15) is 0 Å². The molecule has 7 heteroatoms. The molecule has 0 rings (SSSR count). The molecule has 0 heterocycles. The van der Waals surface area contributed by atoms with E-state index < -0.39 is 5.09 Å². The first-order chi connectivity index (χ1) is 1.73. The molecule has 0 saturated heterocycles. The van der Waals surface area contributed by atoms with Crippen molar-refractivity contribution >= 4 is 0 Å². The molecule has 0 aromatic rings. The predicted molar refractivity (Wildman–Crippen MR) is 21.4 cm³/mol. The monoisotopic (exact) mass is 237 g/mol. The van der Waals surface area contributed by atoms with Crippen LogP contribution in [0.4, 0.5) is 0 Å². The van der Waals surface area contributed by atoms with E-state index in [4.69, 9.17) is 15.3 Å². The zero-order chi connectivity index (χ0) is 3.58. The molecule has 0 aliphatic rings. The van der Waals surface area contributed by atoms with Gasteiger partial charge in [-0.15, -0.1) is 0 Å². The average Bonchev–Trinajstić information content (AvgIpc) is 0.811. The molecule has 0 radical (unpaired) electrons. The number of hydrogen-bond acceptors (Lipinski definition) is 4. The topological polar surface area (TPSA) is 138 Å². The van der Waals surface area contributed by atoms with Crippen LogP contribution in [0.2, 0.25) is 0 Å². The molecule has 0 aromatic carbocycles. The van der Waals surface area contributed by atoms with Crippen molar-refractivity contribution < 1.29 is 46.8 Å². The van der Waals surface area contributed by atoms with Gasteiger partial charge in [-0.25, -0.2) is 0 Å². The minimum atomic E-state index is -1.75. The largest absolute Gasteiger partial charge is 0.369 e. The van der Waals surface area contributed by atoms with E-state index >= 15 is 0 Å². The SMILES string of the molecule is N.O=[N+]([O-])[O-].[Ce].[NH4+]. The van der Waals surface area contributed by atoms with E-state index in [0.29, 0.717) is 0 Å². The van der Waals surface area contributed by atoms with Crippen molar-refractivity contribution in [2.45, 2.75) is 0 Å². The summed E-state index contributed by atoms with van der Waals surface area (Å²) in [5.41, 5.74) is 0. The van der Waals surface area contributed by atoms with Crippen molar-refractivity contribution in [2.24, 2.45) is 0 Å². The summed E-state index contributed by atoms with van der Waals surface area (Å²) in [6.45, 7) is 0. The maximum atomic E-state index is 8.25. The fraction of sp³-hybridized carbons (Fsp3) is 0.